The Kier molecular flexibility index (Phi) is 2.17. The van der Waals surface area contributed by atoms with Crippen LogP contribution in [0.2, 0.25) is 0 Å². The molecular formula is C13H13O2P. The average molecular weight is 232 g/mol. The molecule has 3 atom stereocenters. The number of allylic oxidation sites excluding steroid dienone is 7. The van der Waals surface area contributed by atoms with Gasteiger partial charge in [-0.2, -0.15) is 0 Å². The number of hydrogen-bond donors (Lipinski definition) is 0. The topological polar surface area (TPSA) is 26.3 Å². The van der Waals surface area contributed by atoms with Gasteiger partial charge in [-0.15, -0.1) is 0 Å². The third-order valence-electron chi connectivity index (χ3n) is 3.14. The van der Waals surface area contributed by atoms with Gasteiger partial charge >= 0.3 is 0 Å². The van der Waals surface area contributed by atoms with Gasteiger partial charge in [0.25, 0.3) is 0 Å². The zero-order valence-corrected chi connectivity index (χ0v) is 9.93. The number of rotatable bonds is 0. The lowest BCUT2D eigenvalue weighted by Crippen LogP contribution is -2.27. The maximum Gasteiger partial charge on any atom is 0.212 e. The lowest BCUT2D eigenvalue weighted by atomic mass is 9.94. The molecule has 0 bridgehead atoms. The first kappa shape index (κ1) is 10.1. The van der Waals surface area contributed by atoms with Gasteiger partial charge in [0.1, 0.15) is 6.10 Å². The molecule has 0 radical (unpaired) electrons. The average Bonchev–Trinajstić information content (AvgIpc) is 2.29. The summed E-state index contributed by atoms with van der Waals surface area (Å²) in [7, 11) is -2.59. The van der Waals surface area contributed by atoms with Crippen LogP contribution in [0, 0.1) is 0 Å². The molecule has 3 aliphatic rings. The molecule has 16 heavy (non-hydrogen) atoms. The van der Waals surface area contributed by atoms with Crippen LogP contribution in [0.4, 0.5) is 0 Å². The minimum absolute atomic E-state index is 0.0695. The van der Waals surface area contributed by atoms with Crippen molar-refractivity contribution in [2.75, 3.05) is 6.66 Å². The smallest absolute Gasteiger partial charge is 0.212 e. The van der Waals surface area contributed by atoms with E-state index < -0.39 is 7.37 Å². The summed E-state index contributed by atoms with van der Waals surface area (Å²) >= 11 is 0. The molecule has 0 fully saturated rings. The van der Waals surface area contributed by atoms with Crippen LogP contribution in [0.5, 0.6) is 0 Å². The Morgan fingerprint density at radius 2 is 1.75 bits per heavy atom. The van der Waals surface area contributed by atoms with Crippen molar-refractivity contribution in [3.05, 3.63) is 59.8 Å². The predicted octanol–water partition coefficient (Wildman–Crippen LogP) is 3.21. The molecule has 2 nitrogen and oxygen atoms in total. The molecule has 0 spiro atoms. The molecule has 3 rings (SSSR count). The van der Waals surface area contributed by atoms with Crippen LogP contribution >= 0.6 is 7.37 Å². The van der Waals surface area contributed by atoms with E-state index in [9.17, 15) is 4.57 Å². The molecule has 2 aliphatic carbocycles. The molecule has 0 saturated carbocycles. The molecule has 0 N–H and O–H groups in total. The molecule has 1 aliphatic heterocycles. The van der Waals surface area contributed by atoms with Gasteiger partial charge in [0, 0.05) is 6.66 Å². The van der Waals surface area contributed by atoms with Crippen LogP contribution < -0.4 is 0 Å². The SMILES string of the molecule is CP1(=O)OC2C=CC=CC2=C2C=CC=CC21. The molecule has 0 saturated heterocycles. The van der Waals surface area contributed by atoms with Crippen molar-refractivity contribution in [3.63, 3.8) is 0 Å². The summed E-state index contributed by atoms with van der Waals surface area (Å²) in [5, 5.41) is 0. The van der Waals surface area contributed by atoms with E-state index >= 15 is 0 Å². The standard InChI is InChI=1S/C13H13O2P/c1-16(14)13-9-5-3-7-11(13)10-6-2-4-8-12(10)15-16/h2-9,12-13H,1H3. The molecular weight excluding hydrogens is 219 g/mol. The number of hydrogen-bond acceptors (Lipinski definition) is 2. The second-order valence-corrected chi connectivity index (χ2v) is 6.86. The van der Waals surface area contributed by atoms with Crippen LogP contribution in [-0.4, -0.2) is 18.4 Å². The molecule has 0 aromatic heterocycles. The van der Waals surface area contributed by atoms with Gasteiger partial charge in [-0.05, 0) is 11.1 Å². The predicted molar refractivity (Wildman–Crippen MR) is 65.8 cm³/mol. The quantitative estimate of drug-likeness (QED) is 0.599. The van der Waals surface area contributed by atoms with Crippen molar-refractivity contribution in [3.8, 4) is 0 Å². The summed E-state index contributed by atoms with van der Waals surface area (Å²) in [4.78, 5) is 0. The molecule has 0 aromatic carbocycles. The minimum Gasteiger partial charge on any atom is -0.316 e. The summed E-state index contributed by atoms with van der Waals surface area (Å²) < 4.78 is 18.2. The van der Waals surface area contributed by atoms with Gasteiger partial charge in [0.15, 0.2) is 0 Å². The second-order valence-electron chi connectivity index (χ2n) is 4.28. The highest BCUT2D eigenvalue weighted by atomic mass is 31.2. The van der Waals surface area contributed by atoms with Crippen molar-refractivity contribution in [2.24, 2.45) is 0 Å². The first-order valence-electron chi connectivity index (χ1n) is 5.38. The molecule has 1 heterocycles. The van der Waals surface area contributed by atoms with Gasteiger partial charge in [-0.25, -0.2) is 0 Å². The summed E-state index contributed by atoms with van der Waals surface area (Å²) in [5.41, 5.74) is 2.21. The summed E-state index contributed by atoms with van der Waals surface area (Å²) in [6, 6.07) is 0. The Bertz CT molecular complexity index is 520. The summed E-state index contributed by atoms with van der Waals surface area (Å²) in [6.07, 6.45) is 15.8. The highest BCUT2D eigenvalue weighted by Crippen LogP contribution is 2.58. The third-order valence-corrected chi connectivity index (χ3v) is 5.25. The van der Waals surface area contributed by atoms with E-state index in [0.29, 0.717) is 0 Å². The molecule has 0 amide bonds. The third kappa shape index (κ3) is 1.41. The highest BCUT2D eigenvalue weighted by molar-refractivity contribution is 7.59. The van der Waals surface area contributed by atoms with E-state index in [0.717, 1.165) is 11.1 Å². The lowest BCUT2D eigenvalue weighted by Gasteiger charge is -2.36. The molecule has 0 aromatic rings. The van der Waals surface area contributed by atoms with Crippen molar-refractivity contribution in [1.82, 2.24) is 0 Å². The Balaban J connectivity index is 2.20. The monoisotopic (exact) mass is 232 g/mol. The van der Waals surface area contributed by atoms with Gasteiger partial charge in [-0.3, -0.25) is 4.57 Å². The number of fused-ring (bicyclic) bond motifs is 2. The van der Waals surface area contributed by atoms with Gasteiger partial charge < -0.3 is 4.52 Å². The first-order chi connectivity index (χ1) is 7.68. The van der Waals surface area contributed by atoms with E-state index in [1.807, 2.05) is 36.5 Å². The van der Waals surface area contributed by atoms with Gasteiger partial charge in [0.05, 0.1) is 5.66 Å². The Hall–Kier alpha value is -1.11. The zero-order chi connectivity index (χ0) is 11.2. The first-order valence-corrected chi connectivity index (χ1v) is 7.52. The van der Waals surface area contributed by atoms with E-state index in [1.54, 1.807) is 6.66 Å². The maximum absolute atomic E-state index is 12.5. The second kappa shape index (κ2) is 3.44. The van der Waals surface area contributed by atoms with E-state index in [-0.39, 0.29) is 11.8 Å². The van der Waals surface area contributed by atoms with Crippen LogP contribution in [-0.2, 0) is 9.09 Å². The van der Waals surface area contributed by atoms with Crippen molar-refractivity contribution >= 4 is 7.37 Å². The van der Waals surface area contributed by atoms with Crippen molar-refractivity contribution in [1.29, 1.82) is 0 Å². The van der Waals surface area contributed by atoms with Crippen LogP contribution in [0.25, 0.3) is 0 Å². The van der Waals surface area contributed by atoms with Crippen molar-refractivity contribution < 1.29 is 9.09 Å². The Morgan fingerprint density at radius 1 is 1.06 bits per heavy atom. The van der Waals surface area contributed by atoms with E-state index in [2.05, 4.69) is 12.2 Å². The highest BCUT2D eigenvalue weighted by Gasteiger charge is 2.39. The normalized spacial score (nSPS) is 39.8. The fraction of sp³-hybridized carbons (Fsp3) is 0.231. The Labute approximate surface area is 95.1 Å². The van der Waals surface area contributed by atoms with Crippen LogP contribution in [0.15, 0.2) is 59.8 Å². The fourth-order valence-corrected chi connectivity index (χ4v) is 4.29. The summed E-state index contributed by atoms with van der Waals surface area (Å²) in [6.45, 7) is 1.73. The van der Waals surface area contributed by atoms with Gasteiger partial charge in [0.2, 0.25) is 7.37 Å². The molecule has 3 unspecified atom stereocenters. The van der Waals surface area contributed by atoms with Gasteiger partial charge in [-0.1, -0.05) is 48.6 Å². The van der Waals surface area contributed by atoms with Crippen molar-refractivity contribution in [2.45, 2.75) is 11.8 Å². The van der Waals surface area contributed by atoms with E-state index in [4.69, 9.17) is 4.52 Å². The summed E-state index contributed by atoms with van der Waals surface area (Å²) in [5.74, 6) is 0. The molecule has 3 heteroatoms. The molecule has 82 valence electrons. The van der Waals surface area contributed by atoms with E-state index in [1.165, 1.54) is 0 Å². The maximum atomic E-state index is 12.5. The fourth-order valence-electron chi connectivity index (χ4n) is 2.37. The lowest BCUT2D eigenvalue weighted by molar-refractivity contribution is 0.278. The minimum atomic E-state index is -2.59. The largest absolute Gasteiger partial charge is 0.316 e. The zero-order valence-electron chi connectivity index (χ0n) is 9.04. The van der Waals surface area contributed by atoms with Crippen LogP contribution in [0.1, 0.15) is 0 Å². The van der Waals surface area contributed by atoms with Crippen LogP contribution in [0.3, 0.4) is 0 Å². The Morgan fingerprint density at radius 3 is 2.56 bits per heavy atom.